The first-order valence-corrected chi connectivity index (χ1v) is 7.70. The first-order chi connectivity index (χ1) is 10.8. The summed E-state index contributed by atoms with van der Waals surface area (Å²) >= 11 is 0. The highest BCUT2D eigenvalue weighted by Gasteiger charge is 2.40. The van der Waals surface area contributed by atoms with E-state index in [1.807, 2.05) is 32.9 Å². The molecular weight excluding hydrogens is 290 g/mol. The molecule has 23 heavy (non-hydrogen) atoms. The predicted octanol–water partition coefficient (Wildman–Crippen LogP) is 3.04. The summed E-state index contributed by atoms with van der Waals surface area (Å²) in [6, 6.07) is 3.99. The molecule has 126 valence electrons. The summed E-state index contributed by atoms with van der Waals surface area (Å²) in [6.07, 6.45) is 0.283. The fourth-order valence-corrected chi connectivity index (χ4v) is 3.33. The fourth-order valence-electron chi connectivity index (χ4n) is 3.33. The van der Waals surface area contributed by atoms with E-state index < -0.39 is 11.8 Å². The Hall–Kier alpha value is -2.23. The van der Waals surface area contributed by atoms with E-state index >= 15 is 0 Å². The monoisotopic (exact) mass is 317 g/mol. The first kappa shape index (κ1) is 18.8. The van der Waals surface area contributed by atoms with Gasteiger partial charge in [-0.15, -0.1) is 13.2 Å². The summed E-state index contributed by atoms with van der Waals surface area (Å²) in [5.41, 5.74) is 3.88. The minimum atomic E-state index is -0.702. The van der Waals surface area contributed by atoms with Crippen molar-refractivity contribution < 1.29 is 15.8 Å². The lowest BCUT2D eigenvalue weighted by molar-refractivity contribution is -0.139. The third-order valence-corrected chi connectivity index (χ3v) is 4.18. The average Bonchev–Trinajstić information content (AvgIpc) is 2.50. The average molecular weight is 317 g/mol. The van der Waals surface area contributed by atoms with E-state index in [4.69, 9.17) is 0 Å². The number of amides is 1. The van der Waals surface area contributed by atoms with Crippen molar-refractivity contribution in [2.75, 3.05) is 7.05 Å². The summed E-state index contributed by atoms with van der Waals surface area (Å²) in [5.74, 6) is -1.74. The maximum Gasteiger partial charge on any atom is 0.223 e. The molecule has 1 amide bonds. The molecule has 1 fully saturated rings. The molecule has 0 atom stereocenters. The van der Waals surface area contributed by atoms with Crippen LogP contribution in [0, 0.1) is 26.7 Å². The molecule has 1 N–H and O–H groups in total. The van der Waals surface area contributed by atoms with Gasteiger partial charge < -0.3 is 5.32 Å². The molecule has 0 saturated heterocycles. The van der Waals surface area contributed by atoms with E-state index in [0.29, 0.717) is 0 Å². The molecule has 0 aliphatic heterocycles. The molecule has 0 spiro atoms. The second kappa shape index (κ2) is 7.86. The molecule has 0 aromatic heterocycles. The van der Waals surface area contributed by atoms with Crippen LogP contribution in [0.15, 0.2) is 25.3 Å². The molecule has 0 radical (unpaired) electrons. The lowest BCUT2D eigenvalue weighted by Crippen LogP contribution is -2.39. The van der Waals surface area contributed by atoms with Crippen molar-refractivity contribution in [1.29, 1.82) is 0 Å². The van der Waals surface area contributed by atoms with Crippen molar-refractivity contribution in [2.24, 2.45) is 5.92 Å². The maximum atomic E-state index is 12.4. The Morgan fingerprint density at radius 2 is 1.52 bits per heavy atom. The summed E-state index contributed by atoms with van der Waals surface area (Å²) in [5, 5.41) is 2.52. The Morgan fingerprint density at radius 3 is 1.91 bits per heavy atom. The smallest absolute Gasteiger partial charge is 0.223 e. The SMILES string of the molecule is C=C.CNC(=O)C1CC(=O)C(c2c(C)cc(C)cc2C)C(=O)C1.[HH]. The summed E-state index contributed by atoms with van der Waals surface area (Å²) in [6.45, 7) is 11.9. The second-order valence-electron chi connectivity index (χ2n) is 5.90. The van der Waals surface area contributed by atoms with E-state index in [9.17, 15) is 14.4 Å². The number of nitrogens with one attached hydrogen (secondary N) is 1. The number of aryl methyl sites for hydroxylation is 3. The standard InChI is InChI=1S/C17H21NO3.C2H4.H2/c1-9-5-10(2)15(11(3)6-9)16-13(19)7-12(8-14(16)20)17(21)18-4;1-2;/h5-6,12,16H,7-8H2,1-4H3,(H,18,21);1-2H2;1H. The molecule has 4 nitrogen and oxygen atoms in total. The van der Waals surface area contributed by atoms with Gasteiger partial charge >= 0.3 is 0 Å². The number of hydrogen-bond donors (Lipinski definition) is 1. The molecule has 1 saturated carbocycles. The third-order valence-electron chi connectivity index (χ3n) is 4.18. The van der Waals surface area contributed by atoms with Gasteiger partial charge in [-0.3, -0.25) is 14.4 Å². The molecule has 0 bridgehead atoms. The van der Waals surface area contributed by atoms with Crippen LogP contribution in [0.5, 0.6) is 0 Å². The Labute approximate surface area is 139 Å². The van der Waals surface area contributed by atoms with Crippen LogP contribution in [0.4, 0.5) is 0 Å². The van der Waals surface area contributed by atoms with Gasteiger partial charge in [0.2, 0.25) is 5.91 Å². The molecule has 2 rings (SSSR count). The van der Waals surface area contributed by atoms with Gasteiger partial charge in [-0.2, -0.15) is 0 Å². The zero-order chi connectivity index (χ0) is 17.7. The van der Waals surface area contributed by atoms with Crippen molar-refractivity contribution in [3.63, 3.8) is 0 Å². The van der Waals surface area contributed by atoms with Crippen molar-refractivity contribution in [1.82, 2.24) is 5.32 Å². The minimum absolute atomic E-state index is 0. The molecule has 1 aromatic carbocycles. The summed E-state index contributed by atoms with van der Waals surface area (Å²) < 4.78 is 0. The molecule has 1 aliphatic carbocycles. The number of Topliss-reactive ketones (excluding diaryl/α,β-unsaturated/α-hetero) is 2. The summed E-state index contributed by atoms with van der Waals surface area (Å²) in [4.78, 5) is 36.5. The fraction of sp³-hybridized carbons (Fsp3) is 0.421. The van der Waals surface area contributed by atoms with Crippen LogP contribution >= 0.6 is 0 Å². The normalized spacial score (nSPS) is 20.5. The van der Waals surface area contributed by atoms with E-state index in [1.54, 1.807) is 0 Å². The van der Waals surface area contributed by atoms with Crippen LogP contribution < -0.4 is 5.32 Å². The van der Waals surface area contributed by atoms with Crippen LogP contribution in [-0.2, 0) is 14.4 Å². The number of hydrogen-bond acceptors (Lipinski definition) is 3. The largest absolute Gasteiger partial charge is 0.359 e. The van der Waals surface area contributed by atoms with Gasteiger partial charge in [-0.05, 0) is 37.5 Å². The number of carbonyl (C=O) groups excluding carboxylic acids is 3. The highest BCUT2D eigenvalue weighted by Crippen LogP contribution is 2.34. The lowest BCUT2D eigenvalue weighted by atomic mass is 9.74. The highest BCUT2D eigenvalue weighted by molar-refractivity contribution is 6.12. The quantitative estimate of drug-likeness (QED) is 0.673. The van der Waals surface area contributed by atoms with Gasteiger partial charge in [-0.1, -0.05) is 17.7 Å². The zero-order valence-corrected chi connectivity index (χ0v) is 14.4. The Kier molecular flexibility index (Phi) is 6.43. The van der Waals surface area contributed by atoms with Crippen LogP contribution in [0.3, 0.4) is 0 Å². The van der Waals surface area contributed by atoms with Crippen LogP contribution in [0.1, 0.15) is 42.4 Å². The first-order valence-electron chi connectivity index (χ1n) is 7.70. The van der Waals surface area contributed by atoms with Gasteiger partial charge in [-0.25, -0.2) is 0 Å². The van der Waals surface area contributed by atoms with Gasteiger partial charge in [0.25, 0.3) is 0 Å². The van der Waals surface area contributed by atoms with E-state index in [-0.39, 0.29) is 31.7 Å². The number of rotatable bonds is 2. The van der Waals surface area contributed by atoms with Crippen molar-refractivity contribution in [3.8, 4) is 0 Å². The number of ketones is 2. The maximum absolute atomic E-state index is 12.4. The van der Waals surface area contributed by atoms with Gasteiger partial charge in [0, 0.05) is 21.3 Å². The van der Waals surface area contributed by atoms with Crippen LogP contribution in [0.2, 0.25) is 0 Å². The molecular formula is C19H27NO3. The molecule has 4 heteroatoms. The topological polar surface area (TPSA) is 63.2 Å². The lowest BCUT2D eigenvalue weighted by Gasteiger charge is -2.27. The highest BCUT2D eigenvalue weighted by atomic mass is 16.2. The van der Waals surface area contributed by atoms with Crippen molar-refractivity contribution in [3.05, 3.63) is 47.5 Å². The Bertz CT molecular complexity index is 598. The summed E-state index contributed by atoms with van der Waals surface area (Å²) in [7, 11) is 1.53. The van der Waals surface area contributed by atoms with E-state index in [2.05, 4.69) is 18.5 Å². The van der Waals surface area contributed by atoms with Crippen LogP contribution in [0.25, 0.3) is 0 Å². The van der Waals surface area contributed by atoms with Crippen LogP contribution in [-0.4, -0.2) is 24.5 Å². The third kappa shape index (κ3) is 3.95. The second-order valence-corrected chi connectivity index (χ2v) is 5.90. The Balaban J connectivity index is 0.00000170. The van der Waals surface area contributed by atoms with Crippen molar-refractivity contribution >= 4 is 17.5 Å². The van der Waals surface area contributed by atoms with Gasteiger partial charge in [0.05, 0.1) is 5.92 Å². The van der Waals surface area contributed by atoms with Gasteiger partial charge in [0.1, 0.15) is 17.5 Å². The molecule has 0 heterocycles. The van der Waals surface area contributed by atoms with E-state index in [1.165, 1.54) is 7.05 Å². The number of carbonyl (C=O) groups is 3. The Morgan fingerprint density at radius 1 is 1.09 bits per heavy atom. The minimum Gasteiger partial charge on any atom is -0.359 e. The molecule has 1 aromatic rings. The predicted molar refractivity (Wildman–Crippen MR) is 93.6 cm³/mol. The van der Waals surface area contributed by atoms with Gasteiger partial charge in [0.15, 0.2) is 0 Å². The molecule has 1 aliphatic rings. The van der Waals surface area contributed by atoms with E-state index in [0.717, 1.165) is 22.3 Å². The van der Waals surface area contributed by atoms with Crippen molar-refractivity contribution in [2.45, 2.75) is 39.5 Å². The molecule has 0 unspecified atom stereocenters. The number of benzene rings is 1. The zero-order valence-electron chi connectivity index (χ0n) is 14.4.